The highest BCUT2D eigenvalue weighted by atomic mass is 16.5. The number of allylic oxidation sites excluding steroid dienone is 3. The molecule has 0 radical (unpaired) electrons. The van der Waals surface area contributed by atoms with Crippen molar-refractivity contribution in [3.8, 4) is 0 Å². The predicted octanol–water partition coefficient (Wildman–Crippen LogP) is 3.30. The van der Waals surface area contributed by atoms with Crippen molar-refractivity contribution in [2.75, 3.05) is 7.11 Å². The maximum absolute atomic E-state index is 11.6. The smallest absolute Gasteiger partial charge is 0.335 e. The van der Waals surface area contributed by atoms with Crippen molar-refractivity contribution in [1.29, 1.82) is 0 Å². The van der Waals surface area contributed by atoms with E-state index in [2.05, 4.69) is 13.8 Å². The molecule has 110 valence electrons. The molecule has 4 nitrogen and oxygen atoms in total. The summed E-state index contributed by atoms with van der Waals surface area (Å²) in [6.07, 6.45) is 4.27. The molecule has 1 aliphatic carbocycles. The fourth-order valence-electron chi connectivity index (χ4n) is 2.59. The molecule has 1 aliphatic rings. The third-order valence-electron chi connectivity index (χ3n) is 3.70. The van der Waals surface area contributed by atoms with Crippen molar-refractivity contribution >= 4 is 17.5 Å². The lowest BCUT2D eigenvalue weighted by atomic mass is 9.72. The quantitative estimate of drug-likeness (QED) is 0.866. The predicted molar refractivity (Wildman–Crippen MR) is 79.9 cm³/mol. The lowest BCUT2D eigenvalue weighted by Gasteiger charge is -2.31. The van der Waals surface area contributed by atoms with Crippen LogP contribution in [-0.4, -0.2) is 24.2 Å². The zero-order valence-corrected chi connectivity index (χ0v) is 12.3. The molecule has 0 amide bonds. The molecule has 0 saturated heterocycles. The topological polar surface area (TPSA) is 63.6 Å². The Hall–Kier alpha value is -2.36. The minimum Gasteiger partial charge on any atom is -0.478 e. The van der Waals surface area contributed by atoms with E-state index in [1.165, 1.54) is 7.11 Å². The van der Waals surface area contributed by atoms with Gasteiger partial charge in [-0.1, -0.05) is 38.1 Å². The van der Waals surface area contributed by atoms with Crippen LogP contribution in [0.4, 0.5) is 0 Å². The number of hydrogen-bond acceptors (Lipinski definition) is 3. The number of carbonyl (C=O) groups is 2. The molecule has 1 aromatic carbocycles. The van der Waals surface area contributed by atoms with E-state index in [-0.39, 0.29) is 16.9 Å². The van der Waals surface area contributed by atoms with Gasteiger partial charge in [-0.05, 0) is 35.1 Å². The van der Waals surface area contributed by atoms with E-state index in [1.807, 2.05) is 6.08 Å². The van der Waals surface area contributed by atoms with E-state index < -0.39 is 5.97 Å². The van der Waals surface area contributed by atoms with Crippen LogP contribution in [0.1, 0.15) is 36.2 Å². The molecule has 0 bridgehead atoms. The van der Waals surface area contributed by atoms with Gasteiger partial charge in [0, 0.05) is 5.57 Å². The molecule has 0 saturated carbocycles. The molecule has 0 spiro atoms. The summed E-state index contributed by atoms with van der Waals surface area (Å²) in [6.45, 7) is 4.11. The molecular weight excluding hydrogens is 268 g/mol. The summed E-state index contributed by atoms with van der Waals surface area (Å²) in [5.41, 5.74) is 2.73. The SMILES string of the molecule is COC(=O)C1=CC=C(c2ccc(C(=O)O)cc2)C(C)(C)C1. The standard InChI is InChI=1S/C17H18O4/c1-17(2)10-13(16(20)21-3)8-9-14(17)11-4-6-12(7-5-11)15(18)19/h4-9H,10H2,1-3H3,(H,18,19). The first-order valence-electron chi connectivity index (χ1n) is 6.68. The molecule has 0 heterocycles. The fraction of sp³-hybridized carbons (Fsp3) is 0.294. The molecule has 0 unspecified atom stereocenters. The van der Waals surface area contributed by atoms with Gasteiger partial charge in [0.1, 0.15) is 0 Å². The van der Waals surface area contributed by atoms with Crippen LogP contribution in [-0.2, 0) is 9.53 Å². The summed E-state index contributed by atoms with van der Waals surface area (Å²) in [4.78, 5) is 22.5. The molecule has 0 aromatic heterocycles. The second kappa shape index (κ2) is 5.56. The lowest BCUT2D eigenvalue weighted by molar-refractivity contribution is -0.136. The summed E-state index contributed by atoms with van der Waals surface area (Å²) >= 11 is 0. The Kier molecular flexibility index (Phi) is 3.98. The highest BCUT2D eigenvalue weighted by Gasteiger charge is 2.30. The minimum absolute atomic E-state index is 0.219. The molecule has 2 rings (SSSR count). The van der Waals surface area contributed by atoms with E-state index in [0.29, 0.717) is 12.0 Å². The Morgan fingerprint density at radius 2 is 1.76 bits per heavy atom. The monoisotopic (exact) mass is 286 g/mol. The zero-order chi connectivity index (χ0) is 15.6. The van der Waals surface area contributed by atoms with Crippen molar-refractivity contribution < 1.29 is 19.4 Å². The van der Waals surface area contributed by atoms with Crippen LogP contribution < -0.4 is 0 Å². The van der Waals surface area contributed by atoms with Gasteiger partial charge in [-0.3, -0.25) is 0 Å². The van der Waals surface area contributed by atoms with Crippen LogP contribution >= 0.6 is 0 Å². The molecule has 0 atom stereocenters. The molecule has 0 fully saturated rings. The first-order chi connectivity index (χ1) is 9.85. The van der Waals surface area contributed by atoms with Gasteiger partial charge in [0.25, 0.3) is 0 Å². The largest absolute Gasteiger partial charge is 0.478 e. The average molecular weight is 286 g/mol. The van der Waals surface area contributed by atoms with Crippen molar-refractivity contribution in [3.05, 3.63) is 53.1 Å². The van der Waals surface area contributed by atoms with Crippen LogP contribution in [0.25, 0.3) is 5.57 Å². The van der Waals surface area contributed by atoms with Gasteiger partial charge in [0.05, 0.1) is 12.7 Å². The highest BCUT2D eigenvalue weighted by Crippen LogP contribution is 2.42. The van der Waals surface area contributed by atoms with E-state index >= 15 is 0 Å². The normalized spacial score (nSPS) is 16.7. The summed E-state index contributed by atoms with van der Waals surface area (Å²) in [5, 5.41) is 8.94. The number of carboxylic acid groups (broad SMARTS) is 1. The van der Waals surface area contributed by atoms with Crippen LogP contribution in [0.5, 0.6) is 0 Å². The molecule has 21 heavy (non-hydrogen) atoms. The third-order valence-corrected chi connectivity index (χ3v) is 3.70. The summed E-state index contributed by atoms with van der Waals surface area (Å²) in [5.74, 6) is -1.24. The third kappa shape index (κ3) is 3.05. The van der Waals surface area contributed by atoms with E-state index in [4.69, 9.17) is 9.84 Å². The number of ether oxygens (including phenoxy) is 1. The summed E-state index contributed by atoms with van der Waals surface area (Å²) < 4.78 is 4.76. The fourth-order valence-corrected chi connectivity index (χ4v) is 2.59. The van der Waals surface area contributed by atoms with Gasteiger partial charge in [0.2, 0.25) is 0 Å². The second-order valence-corrected chi connectivity index (χ2v) is 5.71. The Labute approximate surface area is 123 Å². The Morgan fingerprint density at radius 3 is 2.24 bits per heavy atom. The number of hydrogen-bond donors (Lipinski definition) is 1. The lowest BCUT2D eigenvalue weighted by Crippen LogP contribution is -2.21. The van der Waals surface area contributed by atoms with Crippen LogP contribution in [0.2, 0.25) is 0 Å². The number of carbonyl (C=O) groups excluding carboxylic acids is 1. The molecule has 1 N–H and O–H groups in total. The van der Waals surface area contributed by atoms with Gasteiger partial charge in [-0.25, -0.2) is 9.59 Å². The van der Waals surface area contributed by atoms with E-state index in [1.54, 1.807) is 30.3 Å². The van der Waals surface area contributed by atoms with Crippen molar-refractivity contribution in [2.45, 2.75) is 20.3 Å². The summed E-state index contributed by atoms with van der Waals surface area (Å²) in [6, 6.07) is 6.78. The molecule has 4 heteroatoms. The van der Waals surface area contributed by atoms with Crippen LogP contribution in [0.15, 0.2) is 42.0 Å². The first kappa shape index (κ1) is 15.0. The summed E-state index contributed by atoms with van der Waals surface area (Å²) in [7, 11) is 1.38. The molecule has 0 aliphatic heterocycles. The van der Waals surface area contributed by atoms with Gasteiger partial charge >= 0.3 is 11.9 Å². The maximum Gasteiger partial charge on any atom is 0.335 e. The average Bonchev–Trinajstić information content (AvgIpc) is 2.45. The zero-order valence-electron chi connectivity index (χ0n) is 12.3. The second-order valence-electron chi connectivity index (χ2n) is 5.71. The number of aromatic carboxylic acids is 1. The van der Waals surface area contributed by atoms with E-state index in [9.17, 15) is 9.59 Å². The number of esters is 1. The van der Waals surface area contributed by atoms with Crippen molar-refractivity contribution in [1.82, 2.24) is 0 Å². The molecule has 1 aromatic rings. The first-order valence-corrected chi connectivity index (χ1v) is 6.68. The molecular formula is C17H18O4. The van der Waals surface area contributed by atoms with Gasteiger partial charge in [0.15, 0.2) is 0 Å². The van der Waals surface area contributed by atoms with Crippen molar-refractivity contribution in [2.24, 2.45) is 5.41 Å². The Balaban J connectivity index is 2.38. The number of benzene rings is 1. The Morgan fingerprint density at radius 1 is 1.14 bits per heavy atom. The number of methoxy groups -OCH3 is 1. The van der Waals surface area contributed by atoms with Crippen LogP contribution in [0, 0.1) is 5.41 Å². The van der Waals surface area contributed by atoms with Gasteiger partial charge in [-0.2, -0.15) is 0 Å². The Bertz CT molecular complexity index is 633. The highest BCUT2D eigenvalue weighted by molar-refractivity contribution is 5.92. The minimum atomic E-state index is -0.939. The van der Waals surface area contributed by atoms with E-state index in [0.717, 1.165) is 11.1 Å². The number of rotatable bonds is 3. The van der Waals surface area contributed by atoms with Crippen LogP contribution in [0.3, 0.4) is 0 Å². The van der Waals surface area contributed by atoms with Gasteiger partial charge in [-0.15, -0.1) is 0 Å². The van der Waals surface area contributed by atoms with Crippen molar-refractivity contribution in [3.63, 3.8) is 0 Å². The van der Waals surface area contributed by atoms with Gasteiger partial charge < -0.3 is 9.84 Å². The number of carboxylic acids is 1. The maximum atomic E-state index is 11.6.